The lowest BCUT2D eigenvalue weighted by atomic mass is 10.1. The summed E-state index contributed by atoms with van der Waals surface area (Å²) in [7, 11) is -3.79. The standard InChI is InChI=1S/C15H15N3O4S/c16-23(21,22)13-8-6-12(7-9-13)17-15(19)14(18-20)10-11-4-2-1-3-5-11/h1-9,20H,10H2,(H,17,19)(H2,16,21,22)/b18-14+. The van der Waals surface area contributed by atoms with E-state index in [4.69, 9.17) is 10.3 Å². The zero-order valence-electron chi connectivity index (χ0n) is 12.0. The minimum absolute atomic E-state index is 0.0594. The number of rotatable bonds is 5. The maximum atomic E-state index is 12.1. The Kier molecular flexibility index (Phi) is 5.09. The third kappa shape index (κ3) is 4.63. The topological polar surface area (TPSA) is 122 Å². The second-order valence-electron chi connectivity index (χ2n) is 4.73. The van der Waals surface area contributed by atoms with Crippen molar-refractivity contribution in [3.8, 4) is 0 Å². The van der Waals surface area contributed by atoms with Gasteiger partial charge in [0.05, 0.1) is 4.90 Å². The molecular formula is C15H15N3O4S. The number of nitrogens with two attached hydrogens (primary N) is 1. The van der Waals surface area contributed by atoms with Crippen LogP contribution in [-0.2, 0) is 21.2 Å². The largest absolute Gasteiger partial charge is 0.410 e. The summed E-state index contributed by atoms with van der Waals surface area (Å²) in [4.78, 5) is 12.0. The number of anilines is 1. The molecule has 0 spiro atoms. The Bertz CT molecular complexity index is 816. The molecule has 120 valence electrons. The van der Waals surface area contributed by atoms with Crippen LogP contribution >= 0.6 is 0 Å². The summed E-state index contributed by atoms with van der Waals surface area (Å²) in [5.74, 6) is -0.584. The number of hydrogen-bond acceptors (Lipinski definition) is 5. The lowest BCUT2D eigenvalue weighted by Crippen LogP contribution is -2.25. The predicted octanol–water partition coefficient (Wildman–Crippen LogP) is 1.35. The van der Waals surface area contributed by atoms with Gasteiger partial charge in [0, 0.05) is 12.1 Å². The maximum absolute atomic E-state index is 12.1. The Balaban J connectivity index is 2.08. The SMILES string of the molecule is NS(=O)(=O)c1ccc(NC(=O)/C(Cc2ccccc2)=N/O)cc1. The van der Waals surface area contributed by atoms with Crippen molar-refractivity contribution in [1.29, 1.82) is 0 Å². The Morgan fingerprint density at radius 1 is 1.09 bits per heavy atom. The molecular weight excluding hydrogens is 318 g/mol. The van der Waals surface area contributed by atoms with Crippen LogP contribution < -0.4 is 10.5 Å². The van der Waals surface area contributed by atoms with Crippen LogP contribution in [0.3, 0.4) is 0 Å². The molecule has 2 aromatic rings. The van der Waals surface area contributed by atoms with Crippen LogP contribution in [0, 0.1) is 0 Å². The Morgan fingerprint density at radius 3 is 2.22 bits per heavy atom. The minimum atomic E-state index is -3.79. The van der Waals surface area contributed by atoms with Gasteiger partial charge in [-0.3, -0.25) is 4.79 Å². The highest BCUT2D eigenvalue weighted by atomic mass is 32.2. The fourth-order valence-corrected chi connectivity index (χ4v) is 2.40. The zero-order valence-corrected chi connectivity index (χ0v) is 12.8. The first kappa shape index (κ1) is 16.7. The summed E-state index contributed by atoms with van der Waals surface area (Å²) in [5, 5.41) is 19.6. The number of nitrogens with one attached hydrogen (secondary N) is 1. The van der Waals surface area contributed by atoms with Crippen LogP contribution in [0.4, 0.5) is 5.69 Å². The summed E-state index contributed by atoms with van der Waals surface area (Å²) >= 11 is 0. The van der Waals surface area contributed by atoms with Gasteiger partial charge < -0.3 is 10.5 Å². The molecule has 0 aromatic heterocycles. The Hall–Kier alpha value is -2.71. The van der Waals surface area contributed by atoms with Gasteiger partial charge in [-0.2, -0.15) is 0 Å². The summed E-state index contributed by atoms with van der Waals surface area (Å²) in [6, 6.07) is 14.4. The number of carbonyl (C=O) groups is 1. The van der Waals surface area contributed by atoms with E-state index < -0.39 is 15.9 Å². The van der Waals surface area contributed by atoms with E-state index >= 15 is 0 Å². The molecule has 2 rings (SSSR count). The van der Waals surface area contributed by atoms with Crippen LogP contribution in [0.5, 0.6) is 0 Å². The first-order chi connectivity index (χ1) is 10.9. The van der Waals surface area contributed by atoms with Crippen molar-refractivity contribution < 1.29 is 18.4 Å². The average Bonchev–Trinajstić information content (AvgIpc) is 2.53. The van der Waals surface area contributed by atoms with E-state index in [9.17, 15) is 13.2 Å². The first-order valence-electron chi connectivity index (χ1n) is 6.59. The second-order valence-corrected chi connectivity index (χ2v) is 6.29. The number of sulfonamides is 1. The molecule has 0 aliphatic rings. The van der Waals surface area contributed by atoms with E-state index in [-0.39, 0.29) is 17.0 Å². The highest BCUT2D eigenvalue weighted by molar-refractivity contribution is 7.89. The number of nitrogens with zero attached hydrogens (tertiary/aromatic N) is 1. The van der Waals surface area contributed by atoms with E-state index in [2.05, 4.69) is 10.5 Å². The van der Waals surface area contributed by atoms with Gasteiger partial charge in [-0.15, -0.1) is 0 Å². The van der Waals surface area contributed by atoms with Gasteiger partial charge in [0.15, 0.2) is 0 Å². The lowest BCUT2D eigenvalue weighted by Gasteiger charge is -2.07. The van der Waals surface area contributed by atoms with Crippen molar-refractivity contribution >= 4 is 27.3 Å². The smallest absolute Gasteiger partial charge is 0.273 e. The molecule has 0 aliphatic heterocycles. The molecule has 23 heavy (non-hydrogen) atoms. The van der Waals surface area contributed by atoms with Crippen molar-refractivity contribution in [2.45, 2.75) is 11.3 Å². The first-order valence-corrected chi connectivity index (χ1v) is 8.14. The number of benzene rings is 2. The molecule has 2 aromatic carbocycles. The normalized spacial score (nSPS) is 12.0. The van der Waals surface area contributed by atoms with E-state index in [0.717, 1.165) is 5.56 Å². The number of primary sulfonamides is 1. The van der Waals surface area contributed by atoms with Crippen molar-refractivity contribution in [2.24, 2.45) is 10.3 Å². The molecule has 8 heteroatoms. The van der Waals surface area contributed by atoms with E-state index in [1.807, 2.05) is 18.2 Å². The van der Waals surface area contributed by atoms with Crippen LogP contribution in [0.1, 0.15) is 5.56 Å². The monoisotopic (exact) mass is 333 g/mol. The number of amides is 1. The zero-order chi connectivity index (χ0) is 16.9. The van der Waals surface area contributed by atoms with Gasteiger partial charge in [0.1, 0.15) is 5.71 Å². The maximum Gasteiger partial charge on any atom is 0.273 e. The molecule has 1 amide bonds. The molecule has 0 bridgehead atoms. The lowest BCUT2D eigenvalue weighted by molar-refractivity contribution is -0.110. The highest BCUT2D eigenvalue weighted by Crippen LogP contribution is 2.13. The Morgan fingerprint density at radius 2 is 1.70 bits per heavy atom. The molecule has 0 fully saturated rings. The molecule has 0 saturated carbocycles. The number of hydrogen-bond donors (Lipinski definition) is 3. The minimum Gasteiger partial charge on any atom is -0.410 e. The molecule has 0 unspecified atom stereocenters. The third-order valence-corrected chi connectivity index (χ3v) is 3.97. The quantitative estimate of drug-likeness (QED) is 0.434. The van der Waals surface area contributed by atoms with E-state index in [1.165, 1.54) is 24.3 Å². The van der Waals surface area contributed by atoms with Crippen LogP contribution in [0.2, 0.25) is 0 Å². The van der Waals surface area contributed by atoms with Gasteiger partial charge >= 0.3 is 0 Å². The molecule has 0 aliphatic carbocycles. The second kappa shape index (κ2) is 7.03. The molecule has 0 heterocycles. The number of oxime groups is 1. The molecule has 0 atom stereocenters. The van der Waals surface area contributed by atoms with Gasteiger partial charge in [-0.05, 0) is 29.8 Å². The fraction of sp³-hybridized carbons (Fsp3) is 0.0667. The van der Waals surface area contributed by atoms with Gasteiger partial charge in [-0.1, -0.05) is 35.5 Å². The Labute approximate surface area is 133 Å². The fourth-order valence-electron chi connectivity index (χ4n) is 1.88. The van der Waals surface area contributed by atoms with Crippen LogP contribution in [0.25, 0.3) is 0 Å². The molecule has 0 saturated heterocycles. The van der Waals surface area contributed by atoms with Crippen molar-refractivity contribution in [3.05, 3.63) is 60.2 Å². The van der Waals surface area contributed by atoms with Gasteiger partial charge in [-0.25, -0.2) is 13.6 Å². The van der Waals surface area contributed by atoms with Crippen LogP contribution in [-0.4, -0.2) is 25.2 Å². The van der Waals surface area contributed by atoms with Crippen LogP contribution in [0.15, 0.2) is 64.6 Å². The number of carbonyl (C=O) groups excluding carboxylic acids is 1. The van der Waals surface area contributed by atoms with Crippen molar-refractivity contribution in [2.75, 3.05) is 5.32 Å². The van der Waals surface area contributed by atoms with Crippen molar-refractivity contribution in [1.82, 2.24) is 0 Å². The molecule has 4 N–H and O–H groups in total. The summed E-state index contributed by atoms with van der Waals surface area (Å²) in [6.45, 7) is 0. The van der Waals surface area contributed by atoms with E-state index in [0.29, 0.717) is 5.69 Å². The van der Waals surface area contributed by atoms with Gasteiger partial charge in [0.2, 0.25) is 10.0 Å². The summed E-state index contributed by atoms with van der Waals surface area (Å²) < 4.78 is 22.3. The third-order valence-electron chi connectivity index (χ3n) is 3.04. The summed E-state index contributed by atoms with van der Waals surface area (Å²) in [5.41, 5.74) is 1.11. The van der Waals surface area contributed by atoms with E-state index in [1.54, 1.807) is 12.1 Å². The highest BCUT2D eigenvalue weighted by Gasteiger charge is 2.14. The van der Waals surface area contributed by atoms with Crippen molar-refractivity contribution in [3.63, 3.8) is 0 Å². The average molecular weight is 333 g/mol. The molecule has 7 nitrogen and oxygen atoms in total. The van der Waals surface area contributed by atoms with Gasteiger partial charge in [0.25, 0.3) is 5.91 Å². The predicted molar refractivity (Wildman–Crippen MR) is 85.8 cm³/mol. The summed E-state index contributed by atoms with van der Waals surface area (Å²) in [6.07, 6.45) is 0.165. The molecule has 0 radical (unpaired) electrons.